The molecular weight excluding hydrogens is 325 g/mol. The summed E-state index contributed by atoms with van der Waals surface area (Å²) < 4.78 is 18.3. The Morgan fingerprint density at radius 2 is 2.00 bits per heavy atom. The number of carbonyl (C=O) groups excluding carboxylic acids is 3. The molecule has 0 radical (unpaired) electrons. The Labute approximate surface area is 143 Å². The minimum absolute atomic E-state index is 0.121. The van der Waals surface area contributed by atoms with Crippen LogP contribution >= 0.6 is 0 Å². The molecule has 1 N–H and O–H groups in total. The number of ketones is 1. The van der Waals surface area contributed by atoms with Crippen LogP contribution in [0.1, 0.15) is 21.5 Å². The van der Waals surface area contributed by atoms with Gasteiger partial charge in [0.25, 0.3) is 0 Å². The zero-order chi connectivity index (χ0) is 17.8. The van der Waals surface area contributed by atoms with Crippen molar-refractivity contribution in [2.24, 2.45) is 0 Å². The van der Waals surface area contributed by atoms with Crippen LogP contribution in [0.4, 0.5) is 10.1 Å². The van der Waals surface area contributed by atoms with Crippen LogP contribution in [0.3, 0.4) is 0 Å². The van der Waals surface area contributed by atoms with Gasteiger partial charge in [-0.25, -0.2) is 9.18 Å². The first-order valence-electron chi connectivity index (χ1n) is 7.58. The van der Waals surface area contributed by atoms with E-state index in [4.69, 9.17) is 4.74 Å². The third-order valence-electron chi connectivity index (χ3n) is 3.70. The van der Waals surface area contributed by atoms with Gasteiger partial charge in [-0.2, -0.15) is 0 Å². The van der Waals surface area contributed by atoms with Gasteiger partial charge >= 0.3 is 5.97 Å². The molecule has 0 atom stereocenters. The van der Waals surface area contributed by atoms with Crippen LogP contribution in [0.15, 0.2) is 48.5 Å². The largest absolute Gasteiger partial charge is 0.454 e. The summed E-state index contributed by atoms with van der Waals surface area (Å²) in [7, 11) is 0. The molecule has 1 aliphatic rings. The second kappa shape index (κ2) is 7.09. The van der Waals surface area contributed by atoms with Crippen molar-refractivity contribution in [2.75, 3.05) is 11.9 Å². The highest BCUT2D eigenvalue weighted by Crippen LogP contribution is 2.24. The summed E-state index contributed by atoms with van der Waals surface area (Å²) in [5, 5.41) is 2.68. The summed E-state index contributed by atoms with van der Waals surface area (Å²) >= 11 is 0. The van der Waals surface area contributed by atoms with Crippen molar-refractivity contribution >= 4 is 29.4 Å². The number of fused-ring (bicyclic) bond motifs is 1. The Morgan fingerprint density at radius 1 is 1.20 bits per heavy atom. The van der Waals surface area contributed by atoms with Crippen molar-refractivity contribution < 1.29 is 23.5 Å². The Hall–Kier alpha value is -3.28. The third-order valence-corrected chi connectivity index (χ3v) is 3.70. The van der Waals surface area contributed by atoms with Crippen LogP contribution in [0.2, 0.25) is 0 Å². The molecule has 0 spiro atoms. The fraction of sp³-hybridized carbons (Fsp3) is 0.105. The van der Waals surface area contributed by atoms with Crippen molar-refractivity contribution in [3.8, 4) is 0 Å². The van der Waals surface area contributed by atoms with E-state index in [1.807, 2.05) is 0 Å². The molecule has 1 amide bonds. The molecule has 0 bridgehead atoms. The summed E-state index contributed by atoms with van der Waals surface area (Å²) in [5.74, 6) is -1.70. The maximum atomic E-state index is 13.4. The fourth-order valence-corrected chi connectivity index (χ4v) is 2.44. The van der Waals surface area contributed by atoms with E-state index in [0.717, 1.165) is 11.6 Å². The molecule has 0 aliphatic carbocycles. The average molecular weight is 339 g/mol. The standard InChI is InChI=1S/C19H14FNO4/c20-15-4-2-1-3-12(15)6-8-19(24)25-11-17(22)13-5-7-16-14(9-13)10-18(23)21-16/h1-9H,10-11H2,(H,21,23)/b8-6+. The summed E-state index contributed by atoms with van der Waals surface area (Å²) in [6.07, 6.45) is 2.58. The topological polar surface area (TPSA) is 72.5 Å². The second-order valence-corrected chi connectivity index (χ2v) is 5.48. The molecule has 0 fully saturated rings. The molecule has 0 unspecified atom stereocenters. The normalized spacial score (nSPS) is 12.8. The van der Waals surface area contributed by atoms with Crippen LogP contribution in [-0.4, -0.2) is 24.3 Å². The molecule has 126 valence electrons. The number of Topliss-reactive ketones (excluding diaryl/α,β-unsaturated/α-hetero) is 1. The first kappa shape index (κ1) is 16.6. The van der Waals surface area contributed by atoms with Gasteiger partial charge in [0.2, 0.25) is 5.91 Å². The number of amides is 1. The number of ether oxygens (including phenoxy) is 1. The van der Waals surface area contributed by atoms with Gasteiger partial charge in [0.1, 0.15) is 5.82 Å². The van der Waals surface area contributed by atoms with Crippen molar-refractivity contribution in [3.05, 3.63) is 71.0 Å². The second-order valence-electron chi connectivity index (χ2n) is 5.48. The van der Waals surface area contributed by atoms with Crippen LogP contribution < -0.4 is 5.32 Å². The van der Waals surface area contributed by atoms with E-state index in [1.165, 1.54) is 18.2 Å². The van der Waals surface area contributed by atoms with Crippen LogP contribution in [-0.2, 0) is 20.7 Å². The highest BCUT2D eigenvalue weighted by molar-refractivity contribution is 6.03. The smallest absolute Gasteiger partial charge is 0.331 e. The van der Waals surface area contributed by atoms with Gasteiger partial charge < -0.3 is 10.1 Å². The summed E-state index contributed by atoms with van der Waals surface area (Å²) in [4.78, 5) is 35.1. The van der Waals surface area contributed by atoms with E-state index in [9.17, 15) is 18.8 Å². The number of carbonyl (C=O) groups is 3. The van der Waals surface area contributed by atoms with Gasteiger partial charge in [-0.3, -0.25) is 9.59 Å². The highest BCUT2D eigenvalue weighted by Gasteiger charge is 2.19. The number of hydrogen-bond acceptors (Lipinski definition) is 4. The van der Waals surface area contributed by atoms with E-state index in [2.05, 4.69) is 5.32 Å². The minimum atomic E-state index is -0.741. The lowest BCUT2D eigenvalue weighted by molar-refractivity contribution is -0.136. The molecule has 2 aromatic carbocycles. The van der Waals surface area contributed by atoms with Gasteiger partial charge in [0, 0.05) is 22.9 Å². The highest BCUT2D eigenvalue weighted by atomic mass is 19.1. The summed E-state index contributed by atoms with van der Waals surface area (Å²) in [6.45, 7) is -0.430. The lowest BCUT2D eigenvalue weighted by atomic mass is 10.1. The molecule has 0 aromatic heterocycles. The zero-order valence-corrected chi connectivity index (χ0v) is 13.1. The molecular formula is C19H14FNO4. The molecule has 25 heavy (non-hydrogen) atoms. The summed E-state index contributed by atoms with van der Waals surface area (Å²) in [6, 6.07) is 10.8. The van der Waals surface area contributed by atoms with Gasteiger partial charge in [-0.15, -0.1) is 0 Å². The van der Waals surface area contributed by atoms with E-state index in [1.54, 1.807) is 30.3 Å². The Bertz CT molecular complexity index is 889. The lowest BCUT2D eigenvalue weighted by Gasteiger charge is -2.04. The Kier molecular flexibility index (Phi) is 4.70. The molecule has 5 nitrogen and oxygen atoms in total. The maximum Gasteiger partial charge on any atom is 0.331 e. The first-order valence-corrected chi connectivity index (χ1v) is 7.58. The minimum Gasteiger partial charge on any atom is -0.454 e. The van der Waals surface area contributed by atoms with Crippen molar-refractivity contribution in [1.82, 2.24) is 0 Å². The number of nitrogens with one attached hydrogen (secondary N) is 1. The predicted octanol–water partition coefficient (Wildman–Crippen LogP) is 2.76. The monoisotopic (exact) mass is 339 g/mol. The number of esters is 1. The average Bonchev–Trinajstić information content (AvgIpc) is 2.98. The lowest BCUT2D eigenvalue weighted by Crippen LogP contribution is -2.12. The van der Waals surface area contributed by atoms with Gasteiger partial charge in [-0.1, -0.05) is 18.2 Å². The molecule has 0 saturated heterocycles. The predicted molar refractivity (Wildman–Crippen MR) is 89.5 cm³/mol. The van der Waals surface area contributed by atoms with Crippen molar-refractivity contribution in [1.29, 1.82) is 0 Å². The van der Waals surface area contributed by atoms with Crippen molar-refractivity contribution in [2.45, 2.75) is 6.42 Å². The van der Waals surface area contributed by atoms with E-state index in [0.29, 0.717) is 11.3 Å². The molecule has 2 aromatic rings. The fourth-order valence-electron chi connectivity index (χ4n) is 2.44. The van der Waals surface area contributed by atoms with Crippen LogP contribution in [0.5, 0.6) is 0 Å². The number of anilines is 1. The number of hydrogen-bond donors (Lipinski definition) is 1. The maximum absolute atomic E-state index is 13.4. The van der Waals surface area contributed by atoms with Gasteiger partial charge in [0.05, 0.1) is 6.42 Å². The van der Waals surface area contributed by atoms with Crippen molar-refractivity contribution in [3.63, 3.8) is 0 Å². The molecule has 3 rings (SSSR count). The SMILES string of the molecule is O=C1Cc2cc(C(=O)COC(=O)/C=C/c3ccccc3F)ccc2N1. The van der Waals surface area contributed by atoms with Crippen LogP contribution in [0.25, 0.3) is 6.08 Å². The number of halogens is 1. The third kappa shape index (κ3) is 3.98. The Morgan fingerprint density at radius 3 is 2.80 bits per heavy atom. The molecule has 1 aliphatic heterocycles. The number of benzene rings is 2. The first-order chi connectivity index (χ1) is 12.0. The molecule has 1 heterocycles. The van der Waals surface area contributed by atoms with Crippen LogP contribution in [0, 0.1) is 5.82 Å². The van der Waals surface area contributed by atoms with E-state index < -0.39 is 18.4 Å². The van der Waals surface area contributed by atoms with Gasteiger partial charge in [-0.05, 0) is 35.9 Å². The van der Waals surface area contributed by atoms with E-state index in [-0.39, 0.29) is 23.7 Å². The van der Waals surface area contributed by atoms with Gasteiger partial charge in [0.15, 0.2) is 12.4 Å². The molecule has 6 heteroatoms. The quantitative estimate of drug-likeness (QED) is 0.516. The van der Waals surface area contributed by atoms with E-state index >= 15 is 0 Å². The summed E-state index contributed by atoms with van der Waals surface area (Å²) in [5.41, 5.74) is 2.04. The molecule has 0 saturated carbocycles. The Balaban J connectivity index is 1.57. The number of rotatable bonds is 5. The zero-order valence-electron chi connectivity index (χ0n) is 13.1.